The Morgan fingerprint density at radius 1 is 1.29 bits per heavy atom. The van der Waals surface area contributed by atoms with Crippen LogP contribution in [0.1, 0.15) is 12.5 Å². The van der Waals surface area contributed by atoms with Gasteiger partial charge in [0.25, 0.3) is 11.1 Å². The van der Waals surface area contributed by atoms with E-state index in [0.29, 0.717) is 30.3 Å². The van der Waals surface area contributed by atoms with Gasteiger partial charge in [0.05, 0.1) is 11.5 Å². The number of hydrogen-bond donors (Lipinski definition) is 0. The first-order valence-electron chi connectivity index (χ1n) is 7.39. The van der Waals surface area contributed by atoms with Crippen molar-refractivity contribution in [3.8, 4) is 11.5 Å². The Morgan fingerprint density at radius 2 is 2.04 bits per heavy atom. The number of benzene rings is 1. The van der Waals surface area contributed by atoms with Crippen LogP contribution < -0.4 is 9.47 Å². The molecule has 1 fully saturated rings. The molecule has 24 heavy (non-hydrogen) atoms. The SMILES string of the molecule is CCOC(=O)CN1C(=O)SC(=Cc2ccc3c(c2)OCCO3)C1=O. The third-order valence-corrected chi connectivity index (χ3v) is 4.24. The summed E-state index contributed by atoms with van der Waals surface area (Å²) in [5.41, 5.74) is 0.709. The Hall–Kier alpha value is -2.48. The van der Waals surface area contributed by atoms with Crippen LogP contribution in [-0.4, -0.2) is 48.4 Å². The highest BCUT2D eigenvalue weighted by Crippen LogP contribution is 2.35. The molecule has 0 N–H and O–H groups in total. The van der Waals surface area contributed by atoms with Gasteiger partial charge in [-0.05, 0) is 42.5 Å². The number of fused-ring (bicyclic) bond motifs is 1. The molecule has 2 amide bonds. The molecular weight excluding hydrogens is 334 g/mol. The number of carbonyl (C=O) groups is 3. The quantitative estimate of drug-likeness (QED) is 0.608. The van der Waals surface area contributed by atoms with Crippen molar-refractivity contribution in [2.24, 2.45) is 0 Å². The van der Waals surface area contributed by atoms with Crippen molar-refractivity contribution < 1.29 is 28.6 Å². The molecule has 2 aliphatic heterocycles. The maximum absolute atomic E-state index is 12.3. The molecule has 2 heterocycles. The van der Waals surface area contributed by atoms with Crippen molar-refractivity contribution in [2.75, 3.05) is 26.4 Å². The van der Waals surface area contributed by atoms with E-state index in [0.717, 1.165) is 16.7 Å². The molecule has 0 saturated carbocycles. The van der Waals surface area contributed by atoms with Gasteiger partial charge in [0.1, 0.15) is 19.8 Å². The number of esters is 1. The average molecular weight is 349 g/mol. The highest BCUT2D eigenvalue weighted by Gasteiger charge is 2.36. The lowest BCUT2D eigenvalue weighted by molar-refractivity contribution is -0.145. The van der Waals surface area contributed by atoms with E-state index in [1.54, 1.807) is 31.2 Å². The molecule has 0 bridgehead atoms. The molecule has 0 aromatic heterocycles. The van der Waals surface area contributed by atoms with E-state index in [2.05, 4.69) is 0 Å². The molecule has 0 radical (unpaired) electrons. The summed E-state index contributed by atoms with van der Waals surface area (Å²) in [5, 5.41) is -0.489. The summed E-state index contributed by atoms with van der Waals surface area (Å²) < 4.78 is 15.7. The summed E-state index contributed by atoms with van der Waals surface area (Å²) in [6, 6.07) is 5.27. The van der Waals surface area contributed by atoms with E-state index in [1.807, 2.05) is 0 Å². The standard InChI is InChI=1S/C16H15NO6S/c1-2-21-14(18)9-17-15(19)13(24-16(17)20)8-10-3-4-11-12(7-10)23-6-5-22-11/h3-4,7-8H,2,5-6,9H2,1H3. The maximum atomic E-state index is 12.3. The Balaban J connectivity index is 1.77. The Kier molecular flexibility index (Phi) is 4.75. The van der Waals surface area contributed by atoms with Gasteiger partial charge in [0.15, 0.2) is 11.5 Å². The van der Waals surface area contributed by atoms with Crippen LogP contribution in [0.25, 0.3) is 6.08 Å². The van der Waals surface area contributed by atoms with Gasteiger partial charge >= 0.3 is 5.97 Å². The van der Waals surface area contributed by atoms with Gasteiger partial charge in [-0.3, -0.25) is 19.3 Å². The summed E-state index contributed by atoms with van der Waals surface area (Å²) in [6.07, 6.45) is 1.59. The second kappa shape index (κ2) is 6.96. The van der Waals surface area contributed by atoms with Crippen LogP contribution in [0.4, 0.5) is 4.79 Å². The minimum atomic E-state index is -0.611. The van der Waals surface area contributed by atoms with Crippen LogP contribution in [0.5, 0.6) is 11.5 Å². The summed E-state index contributed by atoms with van der Waals surface area (Å²) in [7, 11) is 0. The fourth-order valence-corrected chi connectivity index (χ4v) is 3.11. The lowest BCUT2D eigenvalue weighted by Gasteiger charge is -2.18. The van der Waals surface area contributed by atoms with Gasteiger partial charge in [-0.25, -0.2) is 0 Å². The monoisotopic (exact) mass is 349 g/mol. The fraction of sp³-hybridized carbons (Fsp3) is 0.312. The van der Waals surface area contributed by atoms with E-state index >= 15 is 0 Å². The second-order valence-electron chi connectivity index (χ2n) is 4.98. The van der Waals surface area contributed by atoms with Gasteiger partial charge in [0, 0.05) is 0 Å². The number of thioether (sulfide) groups is 1. The molecule has 1 aromatic carbocycles. The molecule has 2 aliphatic rings. The topological polar surface area (TPSA) is 82.1 Å². The number of nitrogens with zero attached hydrogens (tertiary/aromatic N) is 1. The van der Waals surface area contributed by atoms with Gasteiger partial charge in [-0.1, -0.05) is 6.07 Å². The Morgan fingerprint density at radius 3 is 2.79 bits per heavy atom. The molecule has 8 heteroatoms. The molecule has 7 nitrogen and oxygen atoms in total. The van der Waals surface area contributed by atoms with Crippen LogP contribution in [0.3, 0.4) is 0 Å². The zero-order valence-electron chi connectivity index (χ0n) is 12.9. The van der Waals surface area contributed by atoms with Crippen LogP contribution in [0, 0.1) is 0 Å². The molecular formula is C16H15NO6S. The lowest BCUT2D eigenvalue weighted by Crippen LogP contribution is -2.34. The van der Waals surface area contributed by atoms with Crippen LogP contribution in [-0.2, 0) is 14.3 Å². The molecule has 1 saturated heterocycles. The first-order chi connectivity index (χ1) is 11.6. The van der Waals surface area contributed by atoms with Gasteiger partial charge in [-0.2, -0.15) is 0 Å². The normalized spacial score (nSPS) is 18.2. The first kappa shape index (κ1) is 16.4. The minimum absolute atomic E-state index is 0.197. The number of hydrogen-bond acceptors (Lipinski definition) is 7. The van der Waals surface area contributed by atoms with Gasteiger partial charge < -0.3 is 14.2 Å². The highest BCUT2D eigenvalue weighted by molar-refractivity contribution is 8.18. The summed E-state index contributed by atoms with van der Waals surface area (Å²) >= 11 is 0.793. The summed E-state index contributed by atoms with van der Waals surface area (Å²) in [5.74, 6) is 0.128. The molecule has 3 rings (SSSR count). The number of ether oxygens (including phenoxy) is 3. The number of carbonyl (C=O) groups excluding carboxylic acids is 3. The fourth-order valence-electron chi connectivity index (χ4n) is 2.27. The van der Waals surface area contributed by atoms with Crippen molar-refractivity contribution >= 4 is 35.0 Å². The third kappa shape index (κ3) is 3.38. The maximum Gasteiger partial charge on any atom is 0.326 e. The molecule has 0 unspecified atom stereocenters. The Labute approximate surface area is 142 Å². The van der Waals surface area contributed by atoms with Crippen molar-refractivity contribution in [3.63, 3.8) is 0 Å². The van der Waals surface area contributed by atoms with E-state index in [1.165, 1.54) is 0 Å². The van der Waals surface area contributed by atoms with Gasteiger partial charge in [-0.15, -0.1) is 0 Å². The van der Waals surface area contributed by atoms with Crippen molar-refractivity contribution in [2.45, 2.75) is 6.92 Å². The van der Waals surface area contributed by atoms with Crippen LogP contribution >= 0.6 is 11.8 Å². The Bertz CT molecular complexity index is 729. The van der Waals surface area contributed by atoms with Crippen molar-refractivity contribution in [1.82, 2.24) is 4.90 Å². The predicted molar refractivity (Wildman–Crippen MR) is 86.7 cm³/mol. The molecule has 0 atom stereocenters. The smallest absolute Gasteiger partial charge is 0.326 e. The van der Waals surface area contributed by atoms with E-state index in [4.69, 9.17) is 14.2 Å². The lowest BCUT2D eigenvalue weighted by atomic mass is 10.1. The molecule has 126 valence electrons. The van der Waals surface area contributed by atoms with Crippen LogP contribution in [0.2, 0.25) is 0 Å². The van der Waals surface area contributed by atoms with Crippen molar-refractivity contribution in [3.05, 3.63) is 28.7 Å². The largest absolute Gasteiger partial charge is 0.486 e. The molecule has 0 spiro atoms. The first-order valence-corrected chi connectivity index (χ1v) is 8.21. The number of amides is 2. The summed E-state index contributed by atoms with van der Waals surface area (Å²) in [6.45, 7) is 2.44. The van der Waals surface area contributed by atoms with Crippen molar-refractivity contribution in [1.29, 1.82) is 0 Å². The third-order valence-electron chi connectivity index (χ3n) is 3.33. The zero-order chi connectivity index (χ0) is 17.1. The van der Waals surface area contributed by atoms with Crippen LogP contribution in [0.15, 0.2) is 23.1 Å². The predicted octanol–water partition coefficient (Wildman–Crippen LogP) is 2.06. The highest BCUT2D eigenvalue weighted by atomic mass is 32.2. The zero-order valence-corrected chi connectivity index (χ0v) is 13.8. The number of rotatable bonds is 4. The van der Waals surface area contributed by atoms with E-state index in [9.17, 15) is 14.4 Å². The minimum Gasteiger partial charge on any atom is -0.486 e. The van der Waals surface area contributed by atoms with E-state index in [-0.39, 0.29) is 18.1 Å². The average Bonchev–Trinajstić information content (AvgIpc) is 2.82. The second-order valence-corrected chi connectivity index (χ2v) is 5.97. The molecule has 0 aliphatic carbocycles. The molecule has 1 aromatic rings. The summed E-state index contributed by atoms with van der Waals surface area (Å²) in [4.78, 5) is 36.9. The number of imide groups is 1. The van der Waals surface area contributed by atoms with E-state index < -0.39 is 17.1 Å². The van der Waals surface area contributed by atoms with Gasteiger partial charge in [0.2, 0.25) is 0 Å².